The molecule has 0 fully saturated rings. The number of hydrogen-bond acceptors (Lipinski definition) is 4. The highest BCUT2D eigenvalue weighted by Gasteiger charge is 2.12. The van der Waals surface area contributed by atoms with E-state index in [1.165, 1.54) is 0 Å². The van der Waals surface area contributed by atoms with Gasteiger partial charge in [-0.25, -0.2) is 9.97 Å². The van der Waals surface area contributed by atoms with Crippen LogP contribution in [0.15, 0.2) is 30.7 Å². The molecule has 3 heterocycles. The molecule has 0 saturated heterocycles. The van der Waals surface area contributed by atoms with Gasteiger partial charge >= 0.3 is 0 Å². The first-order chi connectivity index (χ1) is 9.78. The lowest BCUT2D eigenvalue weighted by Gasteiger charge is -2.07. The molecule has 0 bridgehead atoms. The summed E-state index contributed by atoms with van der Waals surface area (Å²) in [4.78, 5) is 17.7. The molecule has 0 atom stereocenters. The maximum atomic E-state index is 5.86. The van der Waals surface area contributed by atoms with Crippen LogP contribution in [0.2, 0.25) is 0 Å². The van der Waals surface area contributed by atoms with Crippen LogP contribution in [0, 0.1) is 6.92 Å². The number of nitrogens with zero attached hydrogens (tertiary/aromatic N) is 5. The first-order valence-electron chi connectivity index (χ1n) is 6.41. The third kappa shape index (κ3) is 2.49. The van der Waals surface area contributed by atoms with Crippen LogP contribution >= 0.6 is 11.6 Å². The molecule has 0 amide bonds. The summed E-state index contributed by atoms with van der Waals surface area (Å²) in [7, 11) is 0. The molecule has 0 spiro atoms. The van der Waals surface area contributed by atoms with Gasteiger partial charge in [0.15, 0.2) is 5.65 Å². The van der Waals surface area contributed by atoms with E-state index >= 15 is 0 Å². The number of aromatic nitrogens is 5. The average molecular weight is 288 g/mol. The van der Waals surface area contributed by atoms with Gasteiger partial charge in [-0.1, -0.05) is 0 Å². The molecule has 0 aliphatic heterocycles. The van der Waals surface area contributed by atoms with E-state index < -0.39 is 0 Å². The average Bonchev–Trinajstić information content (AvgIpc) is 2.80. The van der Waals surface area contributed by atoms with Gasteiger partial charge in [0, 0.05) is 24.7 Å². The van der Waals surface area contributed by atoms with E-state index in [1.54, 1.807) is 18.6 Å². The van der Waals surface area contributed by atoms with E-state index in [0.717, 1.165) is 28.4 Å². The Balaban J connectivity index is 2.04. The Kier molecular flexibility index (Phi) is 3.60. The Morgan fingerprint density at radius 2 is 2.10 bits per heavy atom. The molecule has 3 rings (SSSR count). The summed E-state index contributed by atoms with van der Waals surface area (Å²) < 4.78 is 2.05. The van der Waals surface area contributed by atoms with Crippen LogP contribution in [0.3, 0.4) is 0 Å². The number of imidazole rings is 1. The summed E-state index contributed by atoms with van der Waals surface area (Å²) in [5, 5.41) is 0. The second kappa shape index (κ2) is 5.54. The van der Waals surface area contributed by atoms with Gasteiger partial charge in [0.1, 0.15) is 11.3 Å². The third-order valence-electron chi connectivity index (χ3n) is 3.06. The number of hydrogen-bond donors (Lipinski definition) is 0. The minimum Gasteiger partial charge on any atom is -0.307 e. The summed E-state index contributed by atoms with van der Waals surface area (Å²) >= 11 is 5.86. The van der Waals surface area contributed by atoms with E-state index in [4.69, 9.17) is 11.6 Å². The smallest absolute Gasteiger partial charge is 0.160 e. The van der Waals surface area contributed by atoms with Crippen LogP contribution in [0.4, 0.5) is 0 Å². The van der Waals surface area contributed by atoms with Crippen molar-refractivity contribution in [1.29, 1.82) is 0 Å². The molecule has 0 N–H and O–H groups in total. The predicted molar refractivity (Wildman–Crippen MR) is 77.8 cm³/mol. The highest BCUT2D eigenvalue weighted by Crippen LogP contribution is 2.15. The second-order valence-electron chi connectivity index (χ2n) is 4.55. The molecule has 20 heavy (non-hydrogen) atoms. The van der Waals surface area contributed by atoms with Crippen molar-refractivity contribution in [2.24, 2.45) is 0 Å². The van der Waals surface area contributed by atoms with Gasteiger partial charge in [-0.15, -0.1) is 11.6 Å². The SMILES string of the molecule is Cc1cnc(Cn2c(CCCl)nc3cccnc32)cn1. The fraction of sp³-hybridized carbons (Fsp3) is 0.286. The number of halogens is 1. The zero-order valence-electron chi connectivity index (χ0n) is 11.1. The first kappa shape index (κ1) is 13.0. The highest BCUT2D eigenvalue weighted by atomic mass is 35.5. The van der Waals surface area contributed by atoms with Crippen LogP contribution < -0.4 is 0 Å². The predicted octanol–water partition coefficient (Wildman–Crippen LogP) is 2.36. The van der Waals surface area contributed by atoms with Gasteiger partial charge in [0.2, 0.25) is 0 Å². The van der Waals surface area contributed by atoms with Gasteiger partial charge in [0.05, 0.1) is 24.1 Å². The molecular formula is C14H14ClN5. The van der Waals surface area contributed by atoms with Crippen molar-refractivity contribution in [3.8, 4) is 0 Å². The van der Waals surface area contributed by atoms with Crippen LogP contribution in [0.1, 0.15) is 17.2 Å². The number of fused-ring (bicyclic) bond motifs is 1. The number of pyridine rings is 1. The van der Waals surface area contributed by atoms with Crippen LogP contribution in [-0.2, 0) is 13.0 Å². The fourth-order valence-electron chi connectivity index (χ4n) is 2.11. The molecule has 0 aliphatic rings. The van der Waals surface area contributed by atoms with Crippen molar-refractivity contribution in [3.05, 3.63) is 47.9 Å². The number of rotatable bonds is 4. The molecule has 6 heteroatoms. The molecule has 3 aromatic heterocycles. The van der Waals surface area contributed by atoms with Gasteiger partial charge < -0.3 is 4.57 Å². The zero-order chi connectivity index (χ0) is 13.9. The maximum Gasteiger partial charge on any atom is 0.160 e. The summed E-state index contributed by atoms with van der Waals surface area (Å²) in [5.41, 5.74) is 3.53. The van der Waals surface area contributed by atoms with Gasteiger partial charge in [-0.05, 0) is 19.1 Å². The maximum absolute atomic E-state index is 5.86. The van der Waals surface area contributed by atoms with Crippen molar-refractivity contribution >= 4 is 22.8 Å². The van der Waals surface area contributed by atoms with Gasteiger partial charge in [-0.2, -0.15) is 0 Å². The summed E-state index contributed by atoms with van der Waals surface area (Å²) in [6, 6.07) is 3.84. The van der Waals surface area contributed by atoms with Crippen molar-refractivity contribution in [3.63, 3.8) is 0 Å². The van der Waals surface area contributed by atoms with E-state index in [1.807, 2.05) is 19.1 Å². The third-order valence-corrected chi connectivity index (χ3v) is 3.24. The van der Waals surface area contributed by atoms with Crippen molar-refractivity contribution < 1.29 is 0 Å². The normalized spacial score (nSPS) is 11.1. The topological polar surface area (TPSA) is 56.5 Å². The number of alkyl halides is 1. The first-order valence-corrected chi connectivity index (χ1v) is 6.95. The van der Waals surface area contributed by atoms with Crippen LogP contribution in [0.5, 0.6) is 0 Å². The summed E-state index contributed by atoms with van der Waals surface area (Å²) in [6.07, 6.45) is 6.03. The monoisotopic (exact) mass is 287 g/mol. The summed E-state index contributed by atoms with van der Waals surface area (Å²) in [5.74, 6) is 1.46. The van der Waals surface area contributed by atoms with E-state index in [0.29, 0.717) is 18.8 Å². The molecule has 0 saturated carbocycles. The van der Waals surface area contributed by atoms with Crippen LogP contribution in [0.25, 0.3) is 11.2 Å². The molecular weight excluding hydrogens is 274 g/mol. The Morgan fingerprint density at radius 1 is 1.20 bits per heavy atom. The standard InChI is InChI=1S/C14H14ClN5/c1-10-7-18-11(8-17-10)9-20-13(4-5-15)19-12-3-2-6-16-14(12)20/h2-3,6-8H,4-5,9H2,1H3. The molecule has 0 radical (unpaired) electrons. The molecule has 3 aromatic rings. The quantitative estimate of drug-likeness (QED) is 0.691. The Morgan fingerprint density at radius 3 is 2.85 bits per heavy atom. The van der Waals surface area contributed by atoms with Crippen molar-refractivity contribution in [2.75, 3.05) is 5.88 Å². The lowest BCUT2D eigenvalue weighted by atomic mass is 10.3. The Labute approximate surface area is 121 Å². The minimum atomic E-state index is 0.531. The number of aryl methyl sites for hydroxylation is 2. The molecule has 0 aromatic carbocycles. The van der Waals surface area contributed by atoms with E-state index in [9.17, 15) is 0 Å². The largest absolute Gasteiger partial charge is 0.307 e. The van der Waals surface area contributed by atoms with E-state index in [2.05, 4.69) is 24.5 Å². The lowest BCUT2D eigenvalue weighted by molar-refractivity contribution is 0.726. The zero-order valence-corrected chi connectivity index (χ0v) is 11.9. The highest BCUT2D eigenvalue weighted by molar-refractivity contribution is 6.17. The summed E-state index contributed by atoms with van der Waals surface area (Å²) in [6.45, 7) is 2.52. The fourth-order valence-corrected chi connectivity index (χ4v) is 2.28. The molecule has 0 aliphatic carbocycles. The van der Waals surface area contributed by atoms with Crippen molar-refractivity contribution in [1.82, 2.24) is 24.5 Å². The Bertz CT molecular complexity index is 720. The minimum absolute atomic E-state index is 0.531. The second-order valence-corrected chi connectivity index (χ2v) is 4.93. The molecule has 102 valence electrons. The van der Waals surface area contributed by atoms with Crippen molar-refractivity contribution in [2.45, 2.75) is 19.9 Å². The Hall–Kier alpha value is -2.01. The van der Waals surface area contributed by atoms with Gasteiger partial charge in [-0.3, -0.25) is 9.97 Å². The molecule has 5 nitrogen and oxygen atoms in total. The van der Waals surface area contributed by atoms with E-state index in [-0.39, 0.29) is 0 Å². The van der Waals surface area contributed by atoms with Gasteiger partial charge in [0.25, 0.3) is 0 Å². The lowest BCUT2D eigenvalue weighted by Crippen LogP contribution is -2.08. The van der Waals surface area contributed by atoms with Crippen LogP contribution in [-0.4, -0.2) is 30.4 Å². The molecule has 0 unspecified atom stereocenters.